The molecule has 1 spiro atoms. The van der Waals surface area contributed by atoms with Gasteiger partial charge in [0.25, 0.3) is 0 Å². The number of nitrogens with zero attached hydrogens (tertiary/aromatic N) is 1. The number of carbonyl (C=O) groups is 3. The normalized spacial score (nSPS) is 27.5. The Morgan fingerprint density at radius 3 is 2.45 bits per heavy atom. The van der Waals surface area contributed by atoms with Gasteiger partial charge in [0.2, 0.25) is 17.7 Å². The molecule has 3 amide bonds. The fourth-order valence-electron chi connectivity index (χ4n) is 6.61. The number of anilines is 2. The van der Waals surface area contributed by atoms with Gasteiger partial charge in [-0.25, -0.2) is 0 Å². The van der Waals surface area contributed by atoms with E-state index in [0.717, 1.165) is 10.8 Å². The fourth-order valence-corrected chi connectivity index (χ4v) is 6.61. The topological polar surface area (TPSA) is 108 Å². The van der Waals surface area contributed by atoms with Gasteiger partial charge in [-0.05, 0) is 60.7 Å². The molecule has 3 N–H and O–H groups in total. The van der Waals surface area contributed by atoms with Crippen molar-refractivity contribution in [2.24, 2.45) is 11.8 Å². The molecular weight excluding hydrogens is 482 g/mol. The lowest BCUT2D eigenvalue weighted by molar-refractivity contribution is -0.139. The molecule has 3 aliphatic heterocycles. The molecule has 8 nitrogen and oxygen atoms in total. The summed E-state index contributed by atoms with van der Waals surface area (Å²) in [5.74, 6) is -2.20. The van der Waals surface area contributed by atoms with Crippen LogP contribution in [0.1, 0.15) is 25.7 Å². The number of ether oxygens (including phenoxy) is 1. The number of carbonyl (C=O) groups excluding carboxylic acids is 3. The lowest BCUT2D eigenvalue weighted by Gasteiger charge is -2.33. The highest BCUT2D eigenvalue weighted by Gasteiger charge is 2.74. The van der Waals surface area contributed by atoms with E-state index in [1.54, 1.807) is 17.0 Å². The van der Waals surface area contributed by atoms with E-state index in [4.69, 9.17) is 4.74 Å². The molecule has 3 aliphatic rings. The fraction of sp³-hybridized carbons (Fsp3) is 0.367. The summed E-state index contributed by atoms with van der Waals surface area (Å²) in [6.07, 6.45) is 1.80. The molecule has 6 rings (SSSR count). The van der Waals surface area contributed by atoms with Gasteiger partial charge >= 0.3 is 0 Å². The first-order valence-electron chi connectivity index (χ1n) is 13.3. The Hall–Kier alpha value is -3.75. The van der Waals surface area contributed by atoms with Crippen LogP contribution < -0.4 is 10.6 Å². The number of nitrogens with one attached hydrogen (secondary N) is 2. The molecule has 3 heterocycles. The summed E-state index contributed by atoms with van der Waals surface area (Å²) >= 11 is 0. The zero-order valence-corrected chi connectivity index (χ0v) is 21.0. The van der Waals surface area contributed by atoms with Crippen molar-refractivity contribution in [3.63, 3.8) is 0 Å². The standard InChI is InChI=1S/C30H31N3O5/c34-17-7-6-16-33-26(28(36)32-22-13-12-19-8-4-5-9-20(19)18-22)30-15-14-23(38-30)24(25(30)29(33)37)27(35)31-21-10-2-1-3-11-21/h1-5,8-13,18,23-26,34H,6-7,14-17H2,(H,31,35)(H,32,36)/t23-,24+,25-,26?,30?/m0/s1. The number of likely N-dealkylation sites (tertiary alicyclic amines) is 1. The first-order chi connectivity index (χ1) is 18.5. The molecule has 2 bridgehead atoms. The van der Waals surface area contributed by atoms with E-state index in [-0.39, 0.29) is 24.3 Å². The van der Waals surface area contributed by atoms with E-state index in [1.807, 2.05) is 60.7 Å². The highest BCUT2D eigenvalue weighted by Crippen LogP contribution is 2.58. The molecule has 196 valence electrons. The predicted octanol–water partition coefficient (Wildman–Crippen LogP) is 3.56. The number of hydrogen-bond donors (Lipinski definition) is 3. The quantitative estimate of drug-likeness (QED) is 0.399. The van der Waals surface area contributed by atoms with E-state index >= 15 is 0 Å². The third-order valence-corrected chi connectivity index (χ3v) is 8.22. The second kappa shape index (κ2) is 9.85. The number of hydrogen-bond acceptors (Lipinski definition) is 5. The summed E-state index contributed by atoms with van der Waals surface area (Å²) in [4.78, 5) is 42.8. The van der Waals surface area contributed by atoms with E-state index in [0.29, 0.717) is 43.6 Å². The van der Waals surface area contributed by atoms with Gasteiger partial charge in [-0.1, -0.05) is 48.5 Å². The molecule has 8 heteroatoms. The molecule has 0 aliphatic carbocycles. The first kappa shape index (κ1) is 24.6. The van der Waals surface area contributed by atoms with Crippen LogP contribution in [-0.4, -0.2) is 58.6 Å². The minimum absolute atomic E-state index is 0.00519. The van der Waals surface area contributed by atoms with Gasteiger partial charge in [0.15, 0.2) is 0 Å². The van der Waals surface area contributed by atoms with E-state index in [9.17, 15) is 19.5 Å². The molecular formula is C30H31N3O5. The summed E-state index contributed by atoms with van der Waals surface area (Å²) in [7, 11) is 0. The number of aliphatic hydroxyl groups excluding tert-OH is 1. The highest BCUT2D eigenvalue weighted by atomic mass is 16.5. The summed E-state index contributed by atoms with van der Waals surface area (Å²) in [5, 5.41) is 17.4. The maximum absolute atomic E-state index is 13.9. The van der Waals surface area contributed by atoms with Crippen LogP contribution in [0.3, 0.4) is 0 Å². The molecule has 3 aromatic rings. The number of fused-ring (bicyclic) bond motifs is 2. The molecule has 5 atom stereocenters. The predicted molar refractivity (Wildman–Crippen MR) is 143 cm³/mol. The van der Waals surface area contributed by atoms with Crippen LogP contribution in [0.4, 0.5) is 11.4 Å². The third-order valence-electron chi connectivity index (χ3n) is 8.22. The average molecular weight is 514 g/mol. The van der Waals surface area contributed by atoms with Crippen molar-refractivity contribution in [3.05, 3.63) is 72.8 Å². The third kappa shape index (κ3) is 4.04. The van der Waals surface area contributed by atoms with Crippen LogP contribution in [0.5, 0.6) is 0 Å². The Bertz CT molecular complexity index is 1380. The summed E-state index contributed by atoms with van der Waals surface area (Å²) in [5.41, 5.74) is 0.244. The van der Waals surface area contributed by atoms with Crippen molar-refractivity contribution in [3.8, 4) is 0 Å². The molecule has 3 fully saturated rings. The largest absolute Gasteiger partial charge is 0.396 e. The van der Waals surface area contributed by atoms with E-state index < -0.39 is 29.6 Å². The second-order valence-corrected chi connectivity index (χ2v) is 10.4. The lowest BCUT2D eigenvalue weighted by atomic mass is 9.70. The van der Waals surface area contributed by atoms with Crippen molar-refractivity contribution in [1.82, 2.24) is 4.90 Å². The Balaban J connectivity index is 1.30. The van der Waals surface area contributed by atoms with Gasteiger partial charge in [0, 0.05) is 24.5 Å². The van der Waals surface area contributed by atoms with Gasteiger partial charge in [-0.3, -0.25) is 14.4 Å². The van der Waals surface area contributed by atoms with Crippen molar-refractivity contribution >= 4 is 39.9 Å². The van der Waals surface area contributed by atoms with Gasteiger partial charge in [-0.2, -0.15) is 0 Å². The smallest absolute Gasteiger partial charge is 0.250 e. The number of unbranched alkanes of at least 4 members (excludes halogenated alkanes) is 1. The number of aliphatic hydroxyl groups is 1. The number of benzene rings is 3. The molecule has 0 radical (unpaired) electrons. The highest BCUT2D eigenvalue weighted by molar-refractivity contribution is 6.05. The van der Waals surface area contributed by atoms with E-state index in [2.05, 4.69) is 10.6 Å². The van der Waals surface area contributed by atoms with Gasteiger partial charge in [0.05, 0.1) is 17.9 Å². The molecule has 3 saturated heterocycles. The zero-order valence-electron chi connectivity index (χ0n) is 21.0. The summed E-state index contributed by atoms with van der Waals surface area (Å²) < 4.78 is 6.47. The Labute approximate surface area is 221 Å². The average Bonchev–Trinajstić information content (AvgIpc) is 3.57. The number of rotatable bonds is 8. The summed E-state index contributed by atoms with van der Waals surface area (Å²) in [6, 6.07) is 21.9. The van der Waals surface area contributed by atoms with Gasteiger partial charge < -0.3 is 25.4 Å². The van der Waals surface area contributed by atoms with Crippen molar-refractivity contribution < 1.29 is 24.2 Å². The maximum Gasteiger partial charge on any atom is 0.250 e. The van der Waals surface area contributed by atoms with Crippen molar-refractivity contribution in [1.29, 1.82) is 0 Å². The van der Waals surface area contributed by atoms with Crippen LogP contribution in [0.2, 0.25) is 0 Å². The molecule has 2 unspecified atom stereocenters. The molecule has 3 aromatic carbocycles. The van der Waals surface area contributed by atoms with Crippen LogP contribution >= 0.6 is 0 Å². The van der Waals surface area contributed by atoms with Crippen molar-refractivity contribution in [2.75, 3.05) is 23.8 Å². The van der Waals surface area contributed by atoms with Crippen molar-refractivity contribution in [2.45, 2.75) is 43.4 Å². The lowest BCUT2D eigenvalue weighted by Crippen LogP contribution is -2.53. The van der Waals surface area contributed by atoms with Gasteiger partial charge in [0.1, 0.15) is 11.6 Å². The minimum atomic E-state index is -1.05. The molecule has 0 saturated carbocycles. The van der Waals surface area contributed by atoms with E-state index in [1.165, 1.54) is 0 Å². The monoisotopic (exact) mass is 513 g/mol. The number of para-hydroxylation sites is 1. The minimum Gasteiger partial charge on any atom is -0.396 e. The van der Waals surface area contributed by atoms with Crippen LogP contribution in [0.15, 0.2) is 72.8 Å². The van der Waals surface area contributed by atoms with Crippen LogP contribution in [0, 0.1) is 11.8 Å². The Morgan fingerprint density at radius 1 is 0.921 bits per heavy atom. The molecule has 0 aromatic heterocycles. The van der Waals surface area contributed by atoms with Crippen LogP contribution in [-0.2, 0) is 19.1 Å². The molecule has 38 heavy (non-hydrogen) atoms. The first-order valence-corrected chi connectivity index (χ1v) is 13.3. The van der Waals surface area contributed by atoms with Crippen LogP contribution in [0.25, 0.3) is 10.8 Å². The Morgan fingerprint density at radius 2 is 1.66 bits per heavy atom. The number of amides is 3. The summed E-state index contributed by atoms with van der Waals surface area (Å²) in [6.45, 7) is 0.319. The Kier molecular flexibility index (Phi) is 6.37. The zero-order chi connectivity index (χ0) is 26.3. The maximum atomic E-state index is 13.9. The SMILES string of the molecule is O=C(Nc1ccc2ccccc2c1)C1N(CCCCO)C(=O)[C@@H]2[C@H](C(=O)Nc3ccccc3)[C@@H]3CCC12O3. The second-order valence-electron chi connectivity index (χ2n) is 10.4. The van der Waals surface area contributed by atoms with Gasteiger partial charge in [-0.15, -0.1) is 0 Å².